The lowest BCUT2D eigenvalue weighted by Crippen LogP contribution is -2.52. The lowest BCUT2D eigenvalue weighted by molar-refractivity contribution is -0.136. The number of pyridine rings is 1. The first-order valence-electron chi connectivity index (χ1n) is 8.75. The lowest BCUT2D eigenvalue weighted by atomic mass is 10.1. The maximum Gasteiger partial charge on any atom is 0.227 e. The van der Waals surface area contributed by atoms with E-state index in [1.165, 1.54) is 0 Å². The van der Waals surface area contributed by atoms with E-state index in [1.807, 2.05) is 19.2 Å². The molecule has 5 nitrogen and oxygen atoms in total. The van der Waals surface area contributed by atoms with E-state index in [0.717, 1.165) is 57.1 Å². The van der Waals surface area contributed by atoms with Gasteiger partial charge in [0.15, 0.2) is 0 Å². The third kappa shape index (κ3) is 3.66. The highest BCUT2D eigenvalue weighted by atomic mass is 16.2. The molecule has 2 aliphatic rings. The van der Waals surface area contributed by atoms with Crippen LogP contribution in [0.25, 0.3) is 0 Å². The number of piperazine rings is 1. The smallest absolute Gasteiger partial charge is 0.227 e. The summed E-state index contributed by atoms with van der Waals surface area (Å²) >= 11 is 0. The van der Waals surface area contributed by atoms with Crippen molar-refractivity contribution < 1.29 is 4.79 Å². The molecule has 3 rings (SSSR count). The summed E-state index contributed by atoms with van der Waals surface area (Å²) in [6.07, 6.45) is 2.88. The second-order valence-electron chi connectivity index (χ2n) is 7.04. The first-order valence-corrected chi connectivity index (χ1v) is 8.75. The molecular weight excluding hydrogens is 288 g/mol. The third-order valence-electron chi connectivity index (χ3n) is 5.15. The van der Waals surface area contributed by atoms with Gasteiger partial charge in [-0.25, -0.2) is 0 Å². The number of carbonyl (C=O) groups excluding carboxylic acids is 1. The average Bonchev–Trinajstić information content (AvgIpc) is 3.05. The molecule has 2 fully saturated rings. The number of nitrogens with zero attached hydrogens (tertiary/aromatic N) is 4. The Bertz CT molecular complexity index is 534. The summed E-state index contributed by atoms with van der Waals surface area (Å²) in [5.74, 6) is 0.484. The zero-order chi connectivity index (χ0) is 16.4. The van der Waals surface area contributed by atoms with E-state index in [4.69, 9.17) is 0 Å². The lowest BCUT2D eigenvalue weighted by Gasteiger charge is -2.37. The summed E-state index contributed by atoms with van der Waals surface area (Å²) in [6.45, 7) is 12.0. The van der Waals surface area contributed by atoms with Crippen molar-refractivity contribution >= 4 is 11.6 Å². The van der Waals surface area contributed by atoms with Crippen molar-refractivity contribution in [1.82, 2.24) is 14.8 Å². The van der Waals surface area contributed by atoms with Crippen molar-refractivity contribution in [2.24, 2.45) is 5.92 Å². The van der Waals surface area contributed by atoms with Gasteiger partial charge in [0.25, 0.3) is 0 Å². The molecule has 23 heavy (non-hydrogen) atoms. The normalized spacial score (nSPS) is 22.9. The number of rotatable bonds is 3. The molecule has 3 heterocycles. The Morgan fingerprint density at radius 1 is 1.17 bits per heavy atom. The molecule has 0 N–H and O–H groups in total. The molecule has 2 aliphatic heterocycles. The maximum absolute atomic E-state index is 12.8. The summed E-state index contributed by atoms with van der Waals surface area (Å²) < 4.78 is 0. The van der Waals surface area contributed by atoms with Crippen molar-refractivity contribution in [3.63, 3.8) is 0 Å². The largest absolute Gasteiger partial charge is 0.369 e. The van der Waals surface area contributed by atoms with Gasteiger partial charge in [-0.2, -0.15) is 0 Å². The molecule has 1 aromatic rings. The van der Waals surface area contributed by atoms with Gasteiger partial charge in [-0.3, -0.25) is 14.7 Å². The molecule has 126 valence electrons. The standard InChI is InChI=1S/C18H28N4O/c1-14(2)20-8-10-21(11-9-20)18(23)16-6-7-22(13-16)17-5-4-15(3)19-12-17/h4-5,12,14,16H,6-11,13H2,1-3H3/t16-/m0/s1. The maximum atomic E-state index is 12.8. The van der Waals surface area contributed by atoms with Crippen LogP contribution in [0.2, 0.25) is 0 Å². The minimum absolute atomic E-state index is 0.141. The topological polar surface area (TPSA) is 39.7 Å². The van der Waals surface area contributed by atoms with E-state index in [1.54, 1.807) is 0 Å². The summed E-state index contributed by atoms with van der Waals surface area (Å²) in [5.41, 5.74) is 2.17. The SMILES string of the molecule is Cc1ccc(N2CC[C@H](C(=O)N3CCN(C(C)C)CC3)C2)cn1. The molecule has 0 radical (unpaired) electrons. The highest BCUT2D eigenvalue weighted by Crippen LogP contribution is 2.25. The number of aromatic nitrogens is 1. The first-order chi connectivity index (χ1) is 11.0. The highest BCUT2D eigenvalue weighted by molar-refractivity contribution is 5.80. The average molecular weight is 316 g/mol. The van der Waals surface area contributed by atoms with Crippen LogP contribution in [0.5, 0.6) is 0 Å². The van der Waals surface area contributed by atoms with Gasteiger partial charge < -0.3 is 9.80 Å². The zero-order valence-corrected chi connectivity index (χ0v) is 14.5. The number of amides is 1. The van der Waals surface area contributed by atoms with Gasteiger partial charge in [0.2, 0.25) is 5.91 Å². The quantitative estimate of drug-likeness (QED) is 0.852. The Labute approximate surface area is 139 Å². The van der Waals surface area contributed by atoms with Crippen molar-refractivity contribution in [3.8, 4) is 0 Å². The highest BCUT2D eigenvalue weighted by Gasteiger charge is 2.33. The fraction of sp³-hybridized carbons (Fsp3) is 0.667. The van der Waals surface area contributed by atoms with Crippen molar-refractivity contribution in [2.45, 2.75) is 33.2 Å². The number of aryl methyl sites for hydroxylation is 1. The molecule has 1 atom stereocenters. The molecule has 5 heteroatoms. The van der Waals surface area contributed by atoms with Crippen molar-refractivity contribution in [1.29, 1.82) is 0 Å². The number of hydrogen-bond acceptors (Lipinski definition) is 4. The van der Waals surface area contributed by atoms with Crippen LogP contribution < -0.4 is 4.90 Å². The van der Waals surface area contributed by atoms with Crippen LogP contribution >= 0.6 is 0 Å². The minimum atomic E-state index is 0.141. The predicted molar refractivity (Wildman–Crippen MR) is 92.6 cm³/mol. The van der Waals surface area contributed by atoms with Crippen LogP contribution in [-0.4, -0.2) is 66.0 Å². The first kappa shape index (κ1) is 16.2. The van der Waals surface area contributed by atoms with Gasteiger partial charge >= 0.3 is 0 Å². The van der Waals surface area contributed by atoms with Crippen LogP contribution in [0.4, 0.5) is 5.69 Å². The van der Waals surface area contributed by atoms with Gasteiger partial charge in [0, 0.05) is 51.0 Å². The number of hydrogen-bond donors (Lipinski definition) is 0. The molecule has 2 saturated heterocycles. The van der Waals surface area contributed by atoms with E-state index >= 15 is 0 Å². The van der Waals surface area contributed by atoms with Crippen LogP contribution in [0, 0.1) is 12.8 Å². The molecule has 0 aromatic carbocycles. The molecule has 0 aliphatic carbocycles. The molecule has 0 bridgehead atoms. The Balaban J connectivity index is 1.54. The molecule has 1 amide bonds. The van der Waals surface area contributed by atoms with Gasteiger partial charge in [0.05, 0.1) is 17.8 Å². The van der Waals surface area contributed by atoms with E-state index in [9.17, 15) is 4.79 Å². The van der Waals surface area contributed by atoms with E-state index in [-0.39, 0.29) is 5.92 Å². The Hall–Kier alpha value is -1.62. The molecule has 0 saturated carbocycles. The number of carbonyl (C=O) groups is 1. The van der Waals surface area contributed by atoms with Crippen LogP contribution in [0.15, 0.2) is 18.3 Å². The molecule has 1 aromatic heterocycles. The summed E-state index contributed by atoms with van der Waals surface area (Å²) in [5, 5.41) is 0. The van der Waals surface area contributed by atoms with Crippen LogP contribution in [-0.2, 0) is 4.79 Å². The van der Waals surface area contributed by atoms with E-state index in [2.05, 4.69) is 39.6 Å². The molecular formula is C18H28N4O. The second kappa shape index (κ2) is 6.87. The van der Waals surface area contributed by atoms with Gasteiger partial charge in [-0.1, -0.05) is 0 Å². The number of anilines is 1. The van der Waals surface area contributed by atoms with Crippen LogP contribution in [0.1, 0.15) is 26.0 Å². The van der Waals surface area contributed by atoms with Gasteiger partial charge in [-0.05, 0) is 39.3 Å². The van der Waals surface area contributed by atoms with Crippen LogP contribution in [0.3, 0.4) is 0 Å². The van der Waals surface area contributed by atoms with Gasteiger partial charge in [0.1, 0.15) is 0 Å². The summed E-state index contributed by atoms with van der Waals surface area (Å²) in [7, 11) is 0. The summed E-state index contributed by atoms with van der Waals surface area (Å²) in [6, 6.07) is 4.72. The molecule has 0 unspecified atom stereocenters. The fourth-order valence-electron chi connectivity index (χ4n) is 3.56. The zero-order valence-electron chi connectivity index (χ0n) is 14.5. The van der Waals surface area contributed by atoms with Crippen molar-refractivity contribution in [2.75, 3.05) is 44.2 Å². The molecule has 0 spiro atoms. The van der Waals surface area contributed by atoms with Gasteiger partial charge in [-0.15, -0.1) is 0 Å². The summed E-state index contributed by atoms with van der Waals surface area (Å²) in [4.78, 5) is 23.9. The Kier molecular flexibility index (Phi) is 4.85. The fourth-order valence-corrected chi connectivity index (χ4v) is 3.56. The monoisotopic (exact) mass is 316 g/mol. The predicted octanol–water partition coefficient (Wildman–Crippen LogP) is 1.77. The van der Waals surface area contributed by atoms with E-state index < -0.39 is 0 Å². The van der Waals surface area contributed by atoms with E-state index in [0.29, 0.717) is 11.9 Å². The van der Waals surface area contributed by atoms with Crippen molar-refractivity contribution in [3.05, 3.63) is 24.0 Å². The third-order valence-corrected chi connectivity index (χ3v) is 5.15. The second-order valence-corrected chi connectivity index (χ2v) is 7.04. The Morgan fingerprint density at radius 2 is 1.91 bits per heavy atom. The Morgan fingerprint density at radius 3 is 2.52 bits per heavy atom. The minimum Gasteiger partial charge on any atom is -0.369 e.